The fourth-order valence-corrected chi connectivity index (χ4v) is 4.09. The number of nitrogens with zero attached hydrogens (tertiary/aromatic N) is 4. The third-order valence-corrected chi connectivity index (χ3v) is 5.57. The number of carbonyl (C=O) groups is 1. The third kappa shape index (κ3) is 3.60. The van der Waals surface area contributed by atoms with Gasteiger partial charge < -0.3 is 15.2 Å². The summed E-state index contributed by atoms with van der Waals surface area (Å²) < 4.78 is 0. The van der Waals surface area contributed by atoms with E-state index >= 15 is 0 Å². The Hall–Kier alpha value is -2.18. The van der Waals surface area contributed by atoms with E-state index in [9.17, 15) is 4.79 Å². The summed E-state index contributed by atoms with van der Waals surface area (Å²) in [5.74, 6) is 1.27. The highest BCUT2D eigenvalue weighted by Gasteiger charge is 2.28. The lowest BCUT2D eigenvalue weighted by molar-refractivity contribution is -0.126. The summed E-state index contributed by atoms with van der Waals surface area (Å²) in [5, 5.41) is 3.31. The predicted octanol–water partition coefficient (Wildman–Crippen LogP) is 2.41. The molecule has 1 saturated carbocycles. The van der Waals surface area contributed by atoms with Crippen LogP contribution in [0.3, 0.4) is 0 Å². The highest BCUT2D eigenvalue weighted by Crippen LogP contribution is 2.26. The van der Waals surface area contributed by atoms with Crippen molar-refractivity contribution in [3.63, 3.8) is 0 Å². The molecule has 2 N–H and O–H groups in total. The van der Waals surface area contributed by atoms with Crippen molar-refractivity contribution in [2.24, 2.45) is 5.92 Å². The minimum Gasteiger partial charge on any atom is -0.355 e. The summed E-state index contributed by atoms with van der Waals surface area (Å²) in [6.45, 7) is 1.68. The molecule has 1 aliphatic carbocycles. The second-order valence-electron chi connectivity index (χ2n) is 7.26. The average Bonchev–Trinajstić information content (AvgIpc) is 2.99. The average molecular weight is 342 g/mol. The van der Waals surface area contributed by atoms with Crippen LogP contribution in [0.4, 0.5) is 5.82 Å². The molecule has 0 radical (unpaired) electrons. The van der Waals surface area contributed by atoms with Gasteiger partial charge in [-0.3, -0.25) is 4.79 Å². The zero-order valence-electron chi connectivity index (χ0n) is 14.6. The molecule has 2 aromatic heterocycles. The monoisotopic (exact) mass is 342 g/mol. The summed E-state index contributed by atoms with van der Waals surface area (Å²) in [6.07, 6.45) is 12.4. The minimum absolute atomic E-state index is 0.124. The molecule has 7 nitrogen and oxygen atoms in total. The molecule has 0 unspecified atom stereocenters. The Bertz CT molecular complexity index is 713. The van der Waals surface area contributed by atoms with Gasteiger partial charge in [0.2, 0.25) is 5.91 Å². The molecule has 25 heavy (non-hydrogen) atoms. The van der Waals surface area contributed by atoms with Crippen LogP contribution in [0.5, 0.6) is 0 Å². The summed E-state index contributed by atoms with van der Waals surface area (Å²) in [7, 11) is 0. The van der Waals surface area contributed by atoms with Gasteiger partial charge in [0.15, 0.2) is 11.5 Å². The van der Waals surface area contributed by atoms with Crippen molar-refractivity contribution in [3.05, 3.63) is 12.7 Å². The lowest BCUT2D eigenvalue weighted by atomic mass is 9.95. The fourth-order valence-electron chi connectivity index (χ4n) is 4.09. The maximum Gasteiger partial charge on any atom is 0.223 e. The fraction of sp³-hybridized carbons (Fsp3) is 0.667. The lowest BCUT2D eigenvalue weighted by Gasteiger charge is -2.32. The van der Waals surface area contributed by atoms with Crippen molar-refractivity contribution in [1.29, 1.82) is 0 Å². The Morgan fingerprint density at radius 1 is 1.04 bits per heavy atom. The first-order valence-corrected chi connectivity index (χ1v) is 9.50. The van der Waals surface area contributed by atoms with Crippen molar-refractivity contribution < 1.29 is 4.79 Å². The molecule has 1 aliphatic heterocycles. The SMILES string of the molecule is O=C(NC1CCCCCC1)C1CCN(c2ncnc3nc[nH]c23)CC1. The molecule has 0 atom stereocenters. The van der Waals surface area contributed by atoms with Gasteiger partial charge in [0.25, 0.3) is 0 Å². The van der Waals surface area contributed by atoms with E-state index in [1.54, 1.807) is 12.7 Å². The maximum atomic E-state index is 12.6. The Morgan fingerprint density at radius 2 is 1.80 bits per heavy atom. The predicted molar refractivity (Wildman–Crippen MR) is 96.3 cm³/mol. The highest BCUT2D eigenvalue weighted by atomic mass is 16.1. The number of anilines is 1. The first-order chi connectivity index (χ1) is 12.3. The van der Waals surface area contributed by atoms with Gasteiger partial charge >= 0.3 is 0 Å². The Morgan fingerprint density at radius 3 is 2.56 bits per heavy atom. The van der Waals surface area contributed by atoms with Crippen LogP contribution in [-0.4, -0.2) is 45.0 Å². The third-order valence-electron chi connectivity index (χ3n) is 5.57. The minimum atomic E-state index is 0.124. The number of imidazole rings is 1. The first kappa shape index (κ1) is 16.3. The van der Waals surface area contributed by atoms with Crippen molar-refractivity contribution >= 4 is 22.9 Å². The Kier molecular flexibility index (Phi) is 4.81. The second kappa shape index (κ2) is 7.37. The summed E-state index contributed by atoms with van der Waals surface area (Å²) in [6, 6.07) is 0.388. The van der Waals surface area contributed by atoms with Crippen LogP contribution in [-0.2, 0) is 4.79 Å². The van der Waals surface area contributed by atoms with Gasteiger partial charge in [0.05, 0.1) is 6.33 Å². The smallest absolute Gasteiger partial charge is 0.223 e. The largest absolute Gasteiger partial charge is 0.355 e. The zero-order valence-corrected chi connectivity index (χ0v) is 14.6. The highest BCUT2D eigenvalue weighted by molar-refractivity contribution is 5.83. The van der Waals surface area contributed by atoms with Gasteiger partial charge in [-0.05, 0) is 25.7 Å². The molecule has 4 rings (SSSR count). The normalized spacial score (nSPS) is 20.6. The molecular formula is C18H26N6O. The summed E-state index contributed by atoms with van der Waals surface area (Å²) in [5.41, 5.74) is 1.57. The van der Waals surface area contributed by atoms with Crippen LogP contribution in [0, 0.1) is 5.92 Å². The van der Waals surface area contributed by atoms with Gasteiger partial charge in [-0.15, -0.1) is 0 Å². The van der Waals surface area contributed by atoms with Crippen molar-refractivity contribution in [1.82, 2.24) is 25.3 Å². The van der Waals surface area contributed by atoms with Gasteiger partial charge in [-0.25, -0.2) is 15.0 Å². The van der Waals surface area contributed by atoms with Crippen LogP contribution >= 0.6 is 0 Å². The van der Waals surface area contributed by atoms with Gasteiger partial charge in [0, 0.05) is 25.0 Å². The van der Waals surface area contributed by atoms with E-state index in [4.69, 9.17) is 0 Å². The number of hydrogen-bond acceptors (Lipinski definition) is 5. The number of aromatic nitrogens is 4. The number of fused-ring (bicyclic) bond motifs is 1. The number of carbonyl (C=O) groups excluding carboxylic acids is 1. The van der Waals surface area contributed by atoms with Crippen LogP contribution in [0.25, 0.3) is 11.2 Å². The van der Waals surface area contributed by atoms with Gasteiger partial charge in [0.1, 0.15) is 11.8 Å². The number of hydrogen-bond donors (Lipinski definition) is 2. The van der Waals surface area contributed by atoms with Crippen LogP contribution in [0.15, 0.2) is 12.7 Å². The van der Waals surface area contributed by atoms with Crippen LogP contribution in [0.1, 0.15) is 51.4 Å². The van der Waals surface area contributed by atoms with E-state index in [0.717, 1.165) is 50.1 Å². The topological polar surface area (TPSA) is 86.8 Å². The van der Waals surface area contributed by atoms with E-state index < -0.39 is 0 Å². The molecular weight excluding hydrogens is 316 g/mol. The van der Waals surface area contributed by atoms with Crippen LogP contribution in [0.2, 0.25) is 0 Å². The van der Waals surface area contributed by atoms with Gasteiger partial charge in [-0.1, -0.05) is 25.7 Å². The molecule has 2 fully saturated rings. The number of aromatic amines is 1. The second-order valence-corrected chi connectivity index (χ2v) is 7.26. The molecule has 0 aromatic carbocycles. The van der Waals surface area contributed by atoms with E-state index in [1.807, 2.05) is 0 Å². The van der Waals surface area contributed by atoms with E-state index in [2.05, 4.69) is 30.2 Å². The molecule has 3 heterocycles. The number of nitrogens with one attached hydrogen (secondary N) is 2. The summed E-state index contributed by atoms with van der Waals surface area (Å²) in [4.78, 5) is 30.8. The molecule has 2 aliphatic rings. The zero-order chi connectivity index (χ0) is 17.1. The molecule has 0 spiro atoms. The number of rotatable bonds is 3. The first-order valence-electron chi connectivity index (χ1n) is 9.50. The van der Waals surface area contributed by atoms with Crippen molar-refractivity contribution in [2.45, 2.75) is 57.4 Å². The van der Waals surface area contributed by atoms with E-state index in [0.29, 0.717) is 11.7 Å². The van der Waals surface area contributed by atoms with Gasteiger partial charge in [-0.2, -0.15) is 0 Å². The maximum absolute atomic E-state index is 12.6. The molecule has 134 valence electrons. The molecule has 1 amide bonds. The number of amides is 1. The van der Waals surface area contributed by atoms with Crippen molar-refractivity contribution in [3.8, 4) is 0 Å². The number of H-pyrrole nitrogens is 1. The van der Waals surface area contributed by atoms with E-state index in [-0.39, 0.29) is 11.8 Å². The quantitative estimate of drug-likeness (QED) is 0.837. The molecule has 2 aromatic rings. The lowest BCUT2D eigenvalue weighted by Crippen LogP contribution is -2.44. The molecule has 1 saturated heterocycles. The van der Waals surface area contributed by atoms with Crippen LogP contribution < -0.4 is 10.2 Å². The Labute approximate surface area is 147 Å². The van der Waals surface area contributed by atoms with E-state index in [1.165, 1.54) is 25.7 Å². The Balaban J connectivity index is 1.35. The molecule has 7 heteroatoms. The standard InChI is InChI=1S/C18H26N6O/c25-18(23-14-5-3-1-2-4-6-14)13-7-9-24(10-8-13)17-15-16(20-11-19-15)21-12-22-17/h11-14H,1-10H2,(H,23,25)(H,19,20,21,22). The van der Waals surface area contributed by atoms with Crippen molar-refractivity contribution in [2.75, 3.05) is 18.0 Å². The molecule has 0 bridgehead atoms. The number of piperidine rings is 1. The summed E-state index contributed by atoms with van der Waals surface area (Å²) >= 11 is 0.